The molecule has 1 amide bonds. The van der Waals surface area contributed by atoms with Gasteiger partial charge in [0.2, 0.25) is 5.91 Å². The number of para-hydroxylation sites is 1. The lowest BCUT2D eigenvalue weighted by Gasteiger charge is -2.18. The fraction of sp³-hybridized carbons (Fsp3) is 0.250. The Kier molecular flexibility index (Phi) is 6.69. The second kappa shape index (κ2) is 9.82. The summed E-state index contributed by atoms with van der Waals surface area (Å²) in [5, 5.41) is 4.18. The summed E-state index contributed by atoms with van der Waals surface area (Å²) in [5.41, 5.74) is 5.60. The molecular formula is C28H29FN2O. The third-order valence-electron chi connectivity index (χ3n) is 5.87. The molecule has 4 heteroatoms. The van der Waals surface area contributed by atoms with Crippen LogP contribution < -0.4 is 5.32 Å². The summed E-state index contributed by atoms with van der Waals surface area (Å²) in [6.45, 7) is 5.46. The highest BCUT2D eigenvalue weighted by molar-refractivity contribution is 5.86. The number of benzene rings is 3. The average molecular weight is 429 g/mol. The second-order valence-corrected chi connectivity index (χ2v) is 8.38. The highest BCUT2D eigenvalue weighted by Crippen LogP contribution is 2.35. The van der Waals surface area contributed by atoms with Crippen molar-refractivity contribution in [2.24, 2.45) is 0 Å². The molecule has 3 aromatic carbocycles. The van der Waals surface area contributed by atoms with Crippen LogP contribution in [0.3, 0.4) is 0 Å². The van der Waals surface area contributed by atoms with Gasteiger partial charge in [-0.3, -0.25) is 4.79 Å². The first-order valence-corrected chi connectivity index (χ1v) is 11.2. The Balaban J connectivity index is 1.77. The van der Waals surface area contributed by atoms with Crippen molar-refractivity contribution in [1.82, 2.24) is 9.88 Å². The van der Waals surface area contributed by atoms with E-state index in [1.54, 1.807) is 0 Å². The number of amides is 1. The van der Waals surface area contributed by atoms with E-state index in [-0.39, 0.29) is 17.6 Å². The molecule has 4 rings (SSSR count). The van der Waals surface area contributed by atoms with E-state index < -0.39 is 0 Å². The van der Waals surface area contributed by atoms with Crippen LogP contribution in [0.5, 0.6) is 0 Å². The van der Waals surface area contributed by atoms with Crippen molar-refractivity contribution in [3.63, 3.8) is 0 Å². The molecule has 1 atom stereocenters. The Bertz CT molecular complexity index is 1210. The average Bonchev–Trinajstić information content (AvgIpc) is 3.16. The van der Waals surface area contributed by atoms with Gasteiger partial charge in [0.05, 0.1) is 0 Å². The van der Waals surface area contributed by atoms with Crippen LogP contribution in [0.1, 0.15) is 47.9 Å². The number of aromatic nitrogens is 1. The quantitative estimate of drug-likeness (QED) is 0.357. The number of hydrogen-bond acceptors (Lipinski definition) is 1. The molecule has 1 aromatic heterocycles. The van der Waals surface area contributed by atoms with Crippen LogP contribution in [-0.4, -0.2) is 17.0 Å². The van der Waals surface area contributed by atoms with E-state index in [0.29, 0.717) is 19.5 Å². The third kappa shape index (κ3) is 4.91. The molecule has 4 aromatic rings. The summed E-state index contributed by atoms with van der Waals surface area (Å²) >= 11 is 0. The van der Waals surface area contributed by atoms with Gasteiger partial charge in [-0.15, -0.1) is 0 Å². The summed E-state index contributed by atoms with van der Waals surface area (Å²) in [4.78, 5) is 12.8. The van der Waals surface area contributed by atoms with Gasteiger partial charge in [0.25, 0.3) is 0 Å². The number of aryl methyl sites for hydroxylation is 1. The van der Waals surface area contributed by atoms with Crippen LogP contribution in [0.25, 0.3) is 10.9 Å². The Morgan fingerprint density at radius 2 is 1.81 bits per heavy atom. The summed E-state index contributed by atoms with van der Waals surface area (Å²) in [6.07, 6.45) is 3.47. The van der Waals surface area contributed by atoms with Gasteiger partial charge in [0.15, 0.2) is 0 Å². The van der Waals surface area contributed by atoms with Crippen molar-refractivity contribution in [3.8, 4) is 0 Å². The minimum Gasteiger partial charge on any atom is -0.356 e. The van der Waals surface area contributed by atoms with Crippen LogP contribution >= 0.6 is 0 Å². The molecule has 0 aliphatic carbocycles. The van der Waals surface area contributed by atoms with E-state index in [9.17, 15) is 9.18 Å². The highest BCUT2D eigenvalue weighted by Gasteiger charge is 2.23. The summed E-state index contributed by atoms with van der Waals surface area (Å²) < 4.78 is 15.6. The third-order valence-corrected chi connectivity index (χ3v) is 5.87. The number of fused-ring (bicyclic) bond motifs is 1. The Morgan fingerprint density at radius 3 is 2.56 bits per heavy atom. The van der Waals surface area contributed by atoms with Crippen LogP contribution in [0, 0.1) is 12.7 Å². The first-order chi connectivity index (χ1) is 15.5. The zero-order chi connectivity index (χ0) is 22.5. The molecule has 0 spiro atoms. The molecule has 0 saturated heterocycles. The van der Waals surface area contributed by atoms with Gasteiger partial charge in [0.1, 0.15) is 5.82 Å². The van der Waals surface area contributed by atoms with Crippen molar-refractivity contribution in [2.75, 3.05) is 6.54 Å². The van der Waals surface area contributed by atoms with Crippen LogP contribution in [0.15, 0.2) is 79.0 Å². The number of halogens is 1. The molecular weight excluding hydrogens is 399 g/mol. The minimum atomic E-state index is -0.232. The highest BCUT2D eigenvalue weighted by atomic mass is 19.1. The van der Waals surface area contributed by atoms with E-state index in [4.69, 9.17) is 0 Å². The fourth-order valence-electron chi connectivity index (χ4n) is 4.29. The van der Waals surface area contributed by atoms with E-state index in [2.05, 4.69) is 66.3 Å². The topological polar surface area (TPSA) is 34.0 Å². The van der Waals surface area contributed by atoms with E-state index in [0.717, 1.165) is 34.0 Å². The Labute approximate surface area is 188 Å². The van der Waals surface area contributed by atoms with Crippen LogP contribution in [-0.2, 0) is 11.3 Å². The van der Waals surface area contributed by atoms with Crippen molar-refractivity contribution in [2.45, 2.75) is 39.2 Å². The maximum Gasteiger partial charge on any atom is 0.220 e. The lowest BCUT2D eigenvalue weighted by Crippen LogP contribution is -2.26. The van der Waals surface area contributed by atoms with Crippen molar-refractivity contribution in [3.05, 3.63) is 107 Å². The zero-order valence-electron chi connectivity index (χ0n) is 18.6. The molecule has 0 fully saturated rings. The fourth-order valence-corrected chi connectivity index (χ4v) is 4.29. The first kappa shape index (κ1) is 21.8. The minimum absolute atomic E-state index is 0.0499. The number of carbonyl (C=O) groups is 1. The molecule has 0 aliphatic rings. The molecule has 164 valence electrons. The molecule has 0 bridgehead atoms. The van der Waals surface area contributed by atoms with Gasteiger partial charge >= 0.3 is 0 Å². The Hall–Kier alpha value is -3.40. The predicted molar refractivity (Wildman–Crippen MR) is 128 cm³/mol. The normalized spacial score (nSPS) is 12.1. The number of hydrogen-bond donors (Lipinski definition) is 1. The molecule has 1 N–H and O–H groups in total. The van der Waals surface area contributed by atoms with Crippen molar-refractivity contribution >= 4 is 16.8 Å². The number of rotatable bonds is 8. The SMILES string of the molecule is CCCNC(=O)C[C@H](c1cccc(C)c1)c1cn(Cc2ccc(F)cc2)c2ccccc12. The molecule has 0 unspecified atom stereocenters. The number of nitrogens with zero attached hydrogens (tertiary/aromatic N) is 1. The lowest BCUT2D eigenvalue weighted by molar-refractivity contribution is -0.121. The monoisotopic (exact) mass is 428 g/mol. The summed E-state index contributed by atoms with van der Waals surface area (Å²) in [7, 11) is 0. The van der Waals surface area contributed by atoms with Crippen molar-refractivity contribution < 1.29 is 9.18 Å². The zero-order valence-corrected chi connectivity index (χ0v) is 18.6. The molecule has 3 nitrogen and oxygen atoms in total. The lowest BCUT2D eigenvalue weighted by atomic mass is 9.87. The van der Waals surface area contributed by atoms with Gasteiger partial charge < -0.3 is 9.88 Å². The van der Waals surface area contributed by atoms with Crippen LogP contribution in [0.4, 0.5) is 4.39 Å². The first-order valence-electron chi connectivity index (χ1n) is 11.2. The Morgan fingerprint density at radius 1 is 1.03 bits per heavy atom. The second-order valence-electron chi connectivity index (χ2n) is 8.38. The standard InChI is InChI=1S/C28H29FN2O/c1-3-15-30-28(32)17-25(22-8-6-7-20(2)16-22)26-19-31(27-10-5-4-9-24(26)27)18-21-11-13-23(29)14-12-21/h4-14,16,19,25H,3,15,17-18H2,1-2H3,(H,30,32)/t25-/m1/s1. The summed E-state index contributed by atoms with van der Waals surface area (Å²) in [5.74, 6) is -0.218. The van der Waals surface area contributed by atoms with Gasteiger partial charge in [-0.05, 0) is 48.2 Å². The van der Waals surface area contributed by atoms with E-state index in [1.807, 2.05) is 24.3 Å². The van der Waals surface area contributed by atoms with Gasteiger partial charge in [-0.25, -0.2) is 4.39 Å². The summed E-state index contributed by atoms with van der Waals surface area (Å²) in [6, 6.07) is 23.3. The van der Waals surface area contributed by atoms with Gasteiger partial charge in [0, 0.05) is 42.5 Å². The van der Waals surface area contributed by atoms with Crippen molar-refractivity contribution in [1.29, 1.82) is 0 Å². The molecule has 1 heterocycles. The number of nitrogens with one attached hydrogen (secondary N) is 1. The van der Waals surface area contributed by atoms with E-state index in [1.165, 1.54) is 17.7 Å². The molecule has 0 radical (unpaired) electrons. The smallest absolute Gasteiger partial charge is 0.220 e. The van der Waals surface area contributed by atoms with E-state index >= 15 is 0 Å². The van der Waals surface area contributed by atoms with Crippen LogP contribution in [0.2, 0.25) is 0 Å². The largest absolute Gasteiger partial charge is 0.356 e. The molecule has 0 saturated carbocycles. The number of carbonyl (C=O) groups excluding carboxylic acids is 1. The maximum atomic E-state index is 13.4. The maximum absolute atomic E-state index is 13.4. The molecule has 32 heavy (non-hydrogen) atoms. The predicted octanol–water partition coefficient (Wildman–Crippen LogP) is 6.19. The van der Waals surface area contributed by atoms with Gasteiger partial charge in [-0.1, -0.05) is 67.1 Å². The molecule has 0 aliphatic heterocycles. The van der Waals surface area contributed by atoms with Gasteiger partial charge in [-0.2, -0.15) is 0 Å².